The van der Waals surface area contributed by atoms with Gasteiger partial charge in [0.25, 0.3) is 0 Å². The van der Waals surface area contributed by atoms with Gasteiger partial charge in [-0.1, -0.05) is 67.5 Å². The lowest BCUT2D eigenvalue weighted by Crippen LogP contribution is -2.48. The summed E-state index contributed by atoms with van der Waals surface area (Å²) in [6, 6.07) is 20.1. The Bertz CT molecular complexity index is 1640. The Hall–Kier alpha value is -3.18. The van der Waals surface area contributed by atoms with Gasteiger partial charge in [-0.15, -0.1) is 0 Å². The molecule has 0 spiro atoms. The number of fused-ring (bicyclic) bond motifs is 8. The van der Waals surface area contributed by atoms with Crippen LogP contribution in [0.4, 0.5) is 0 Å². The highest BCUT2D eigenvalue weighted by atomic mass is 16.3. The van der Waals surface area contributed by atoms with E-state index in [1.807, 2.05) is 6.92 Å². The molecular formula is C41H58N4O. The minimum atomic E-state index is -1.23. The largest absolute Gasteiger partial charge is 0.383 e. The zero-order valence-electron chi connectivity index (χ0n) is 30.2. The summed E-state index contributed by atoms with van der Waals surface area (Å²) in [5, 5.41) is 12.9. The van der Waals surface area contributed by atoms with Gasteiger partial charge in [-0.25, -0.2) is 0 Å². The van der Waals surface area contributed by atoms with Crippen LogP contribution in [-0.2, 0) is 27.3 Å². The van der Waals surface area contributed by atoms with Crippen LogP contribution in [-0.4, -0.2) is 25.0 Å². The molecule has 46 heavy (non-hydrogen) atoms. The number of nitrogens with one attached hydrogen (secondary N) is 2. The van der Waals surface area contributed by atoms with Gasteiger partial charge < -0.3 is 15.1 Å². The van der Waals surface area contributed by atoms with Crippen LogP contribution in [0.25, 0.3) is 0 Å². The molecule has 0 fully saturated rings. The lowest BCUT2D eigenvalue weighted by Gasteiger charge is -2.45. The van der Waals surface area contributed by atoms with Crippen molar-refractivity contribution >= 4 is 0 Å². The van der Waals surface area contributed by atoms with Crippen LogP contribution in [0.3, 0.4) is 0 Å². The molecule has 0 amide bonds. The smallest absolute Gasteiger partial charge is 0.115 e. The monoisotopic (exact) mass is 622 g/mol. The van der Waals surface area contributed by atoms with Crippen LogP contribution >= 0.6 is 0 Å². The van der Waals surface area contributed by atoms with Crippen LogP contribution in [0.15, 0.2) is 54.6 Å². The van der Waals surface area contributed by atoms with Gasteiger partial charge in [-0.2, -0.15) is 0 Å². The third-order valence-corrected chi connectivity index (χ3v) is 13.0. The van der Waals surface area contributed by atoms with E-state index in [-0.39, 0.29) is 10.8 Å². The Morgan fingerprint density at radius 3 is 1.46 bits per heavy atom. The maximum atomic E-state index is 12.9. The average molecular weight is 623 g/mol. The second-order valence-electron chi connectivity index (χ2n) is 14.1. The molecule has 1 unspecified atom stereocenters. The fourth-order valence-electron chi connectivity index (χ4n) is 9.36. The topological polar surface area (TPSA) is 77.6 Å². The molecule has 0 saturated carbocycles. The van der Waals surface area contributed by atoms with E-state index in [9.17, 15) is 5.11 Å². The highest BCUT2D eigenvalue weighted by molar-refractivity contribution is 5.44. The number of aromatic nitrogens is 4. The van der Waals surface area contributed by atoms with Gasteiger partial charge in [0.2, 0.25) is 0 Å². The summed E-state index contributed by atoms with van der Waals surface area (Å²) >= 11 is 0. The van der Waals surface area contributed by atoms with Crippen molar-refractivity contribution in [2.45, 2.75) is 148 Å². The van der Waals surface area contributed by atoms with E-state index in [0.717, 1.165) is 85.4 Å². The lowest BCUT2D eigenvalue weighted by atomic mass is 9.64. The van der Waals surface area contributed by atoms with Gasteiger partial charge in [0.05, 0.1) is 33.6 Å². The SMILES string of the molecule is CCC1(CC)c2cccc(n2)C(CC)(CC)c2ccc([nH]2)C(CC)(CC)c2ccc([nH]2)C(CC)(CC)C(C)(O)c2nc1ccc2C. The second kappa shape index (κ2) is 12.4. The molecule has 5 heterocycles. The Morgan fingerprint density at radius 1 is 0.522 bits per heavy atom. The van der Waals surface area contributed by atoms with Crippen molar-refractivity contribution in [3.63, 3.8) is 0 Å². The maximum absolute atomic E-state index is 12.9. The zero-order chi connectivity index (χ0) is 33.5. The van der Waals surface area contributed by atoms with E-state index >= 15 is 0 Å². The van der Waals surface area contributed by atoms with Crippen molar-refractivity contribution in [2.75, 3.05) is 0 Å². The van der Waals surface area contributed by atoms with Crippen molar-refractivity contribution in [3.8, 4) is 0 Å². The Kier molecular flexibility index (Phi) is 9.24. The molecule has 8 bridgehead atoms. The van der Waals surface area contributed by atoms with E-state index in [4.69, 9.17) is 9.97 Å². The van der Waals surface area contributed by atoms with Gasteiger partial charge >= 0.3 is 0 Å². The molecule has 4 aromatic heterocycles. The fourth-order valence-corrected chi connectivity index (χ4v) is 9.36. The molecule has 1 aliphatic rings. The quantitative estimate of drug-likeness (QED) is 0.183. The number of rotatable bonds is 8. The third-order valence-electron chi connectivity index (χ3n) is 13.0. The van der Waals surface area contributed by atoms with E-state index in [0.29, 0.717) is 0 Å². The van der Waals surface area contributed by atoms with Gasteiger partial charge in [0.1, 0.15) is 5.60 Å². The predicted octanol–water partition coefficient (Wildman–Crippen LogP) is 10.0. The molecule has 0 radical (unpaired) electrons. The first-order valence-corrected chi connectivity index (χ1v) is 18.1. The number of aliphatic hydroxyl groups is 1. The molecule has 0 aliphatic carbocycles. The van der Waals surface area contributed by atoms with E-state index in [1.165, 1.54) is 17.1 Å². The summed E-state index contributed by atoms with van der Waals surface area (Å²) in [4.78, 5) is 19.0. The van der Waals surface area contributed by atoms with E-state index in [2.05, 4.69) is 127 Å². The van der Waals surface area contributed by atoms with Gasteiger partial charge in [-0.05, 0) is 113 Å². The van der Waals surface area contributed by atoms with Crippen molar-refractivity contribution in [3.05, 3.63) is 106 Å². The molecule has 0 aromatic carbocycles. The maximum Gasteiger partial charge on any atom is 0.115 e. The van der Waals surface area contributed by atoms with Gasteiger partial charge in [0, 0.05) is 33.6 Å². The predicted molar refractivity (Wildman–Crippen MR) is 191 cm³/mol. The second-order valence-corrected chi connectivity index (χ2v) is 14.1. The minimum absolute atomic E-state index is 0.223. The molecule has 3 N–H and O–H groups in total. The molecule has 5 nitrogen and oxygen atoms in total. The van der Waals surface area contributed by atoms with Gasteiger partial charge in [0.15, 0.2) is 0 Å². The molecular weight excluding hydrogens is 564 g/mol. The molecule has 4 aromatic rings. The molecule has 0 saturated heterocycles. The van der Waals surface area contributed by atoms with Gasteiger partial charge in [-0.3, -0.25) is 9.97 Å². The summed E-state index contributed by atoms with van der Waals surface area (Å²) in [5.41, 5.74) is 7.00. The molecule has 248 valence electrons. The number of hydrogen-bond donors (Lipinski definition) is 3. The molecule has 1 atom stereocenters. The van der Waals surface area contributed by atoms with E-state index < -0.39 is 16.4 Å². The lowest BCUT2D eigenvalue weighted by molar-refractivity contribution is -0.0412. The third kappa shape index (κ3) is 4.58. The van der Waals surface area contributed by atoms with Crippen LogP contribution in [0.1, 0.15) is 165 Å². The van der Waals surface area contributed by atoms with Crippen LogP contribution in [0.2, 0.25) is 0 Å². The minimum Gasteiger partial charge on any atom is -0.383 e. The van der Waals surface area contributed by atoms with Crippen molar-refractivity contribution in [1.29, 1.82) is 0 Å². The Morgan fingerprint density at radius 2 is 0.957 bits per heavy atom. The first-order valence-electron chi connectivity index (χ1n) is 18.1. The number of H-pyrrole nitrogens is 2. The van der Waals surface area contributed by atoms with Crippen molar-refractivity contribution in [1.82, 2.24) is 19.9 Å². The highest BCUT2D eigenvalue weighted by Crippen LogP contribution is 2.50. The van der Waals surface area contributed by atoms with E-state index in [1.54, 1.807) is 0 Å². The molecule has 1 aliphatic heterocycles. The summed E-state index contributed by atoms with van der Waals surface area (Å²) in [7, 11) is 0. The number of hydrogen-bond acceptors (Lipinski definition) is 3. The van der Waals surface area contributed by atoms with Crippen molar-refractivity contribution < 1.29 is 5.11 Å². The summed E-state index contributed by atoms with van der Waals surface area (Å²) in [5.74, 6) is 0. The first-order chi connectivity index (χ1) is 22.0. The fraction of sp³-hybridized carbons (Fsp3) is 0.561. The number of aromatic amines is 2. The highest BCUT2D eigenvalue weighted by Gasteiger charge is 2.51. The Balaban J connectivity index is 1.94. The summed E-state index contributed by atoms with van der Waals surface area (Å²) < 4.78 is 0. The number of nitrogens with zero attached hydrogens (tertiary/aromatic N) is 2. The normalized spacial score (nSPS) is 21.1. The number of pyridine rings is 2. The zero-order valence-corrected chi connectivity index (χ0v) is 30.2. The molecule has 5 heteroatoms. The average Bonchev–Trinajstić information content (AvgIpc) is 3.78. The first kappa shape index (κ1) is 34.2. The van der Waals surface area contributed by atoms with Crippen LogP contribution < -0.4 is 0 Å². The Labute approximate surface area is 278 Å². The number of aryl methyl sites for hydroxylation is 1. The summed E-state index contributed by atoms with van der Waals surface area (Å²) in [6.45, 7) is 22.2. The summed E-state index contributed by atoms with van der Waals surface area (Å²) in [6.07, 6.45) is 7.03. The van der Waals surface area contributed by atoms with Crippen molar-refractivity contribution in [2.24, 2.45) is 0 Å². The molecule has 5 rings (SSSR count). The standard InChI is InChI=1S/C41H58N4O/c1-11-38(12-2)29-20-19-21-30(42-29)39(13-3,14-4)34-23-22-28(9)36(45-34)37(10,46)41(17-7,18-8)35-27-26-33(44-35)40(15-5,16-6)32-25-24-31(38)43-32/h19-27,43-44,46H,11-18H2,1-10H3. The van der Waals surface area contributed by atoms with Crippen LogP contribution in [0, 0.1) is 6.92 Å². The van der Waals surface area contributed by atoms with Crippen LogP contribution in [0.5, 0.6) is 0 Å².